The van der Waals surface area contributed by atoms with E-state index in [9.17, 15) is 8.78 Å². The summed E-state index contributed by atoms with van der Waals surface area (Å²) < 4.78 is 26.3. The topological polar surface area (TPSA) is 15.3 Å². The average molecular weight is 212 g/mol. The molecule has 2 nitrogen and oxygen atoms in total. The van der Waals surface area contributed by atoms with Gasteiger partial charge in [-0.05, 0) is 13.1 Å². The maximum atomic E-state index is 13.3. The number of hydrogen-bond acceptors (Lipinski definition) is 2. The van der Waals surface area contributed by atoms with Crippen LogP contribution in [0.15, 0.2) is 18.2 Å². The number of hydrogen-bond donors (Lipinski definition) is 1. The Hall–Kier alpha value is -1.00. The Morgan fingerprint density at radius 1 is 1.40 bits per heavy atom. The molecule has 1 aromatic rings. The van der Waals surface area contributed by atoms with Gasteiger partial charge in [0, 0.05) is 31.2 Å². The van der Waals surface area contributed by atoms with Gasteiger partial charge < -0.3 is 5.32 Å². The van der Waals surface area contributed by atoms with Gasteiger partial charge in [0.25, 0.3) is 0 Å². The zero-order valence-corrected chi connectivity index (χ0v) is 8.63. The second-order valence-corrected chi connectivity index (χ2v) is 3.94. The Labute approximate surface area is 87.9 Å². The highest BCUT2D eigenvalue weighted by Gasteiger charge is 2.22. The summed E-state index contributed by atoms with van der Waals surface area (Å²) in [6.45, 7) is 2.30. The zero-order chi connectivity index (χ0) is 10.8. The highest BCUT2D eigenvalue weighted by atomic mass is 19.2. The fraction of sp³-hybridized carbons (Fsp3) is 0.455. The van der Waals surface area contributed by atoms with Crippen molar-refractivity contribution in [2.24, 2.45) is 0 Å². The highest BCUT2D eigenvalue weighted by Crippen LogP contribution is 2.15. The lowest BCUT2D eigenvalue weighted by atomic mass is 10.1. The summed E-state index contributed by atoms with van der Waals surface area (Å²) in [5.74, 6) is -1.50. The number of benzene rings is 1. The molecule has 0 radical (unpaired) electrons. The summed E-state index contributed by atoms with van der Waals surface area (Å²) in [5.41, 5.74) is 0.421. The van der Waals surface area contributed by atoms with Crippen LogP contribution in [-0.2, 0) is 6.54 Å². The van der Waals surface area contributed by atoms with Crippen LogP contribution in [0.2, 0.25) is 0 Å². The van der Waals surface area contributed by atoms with Crippen molar-refractivity contribution in [2.75, 3.05) is 20.1 Å². The molecule has 1 aromatic carbocycles. The van der Waals surface area contributed by atoms with E-state index in [-0.39, 0.29) is 0 Å². The van der Waals surface area contributed by atoms with E-state index in [4.69, 9.17) is 0 Å². The first-order chi connectivity index (χ1) is 7.18. The van der Waals surface area contributed by atoms with Crippen LogP contribution in [0.3, 0.4) is 0 Å². The van der Waals surface area contributed by atoms with Gasteiger partial charge in [-0.2, -0.15) is 0 Å². The van der Waals surface area contributed by atoms with Crippen LogP contribution < -0.4 is 5.32 Å². The van der Waals surface area contributed by atoms with E-state index in [1.54, 1.807) is 12.1 Å². The first kappa shape index (κ1) is 10.5. The van der Waals surface area contributed by atoms with Crippen molar-refractivity contribution in [3.05, 3.63) is 35.4 Å². The molecule has 0 aliphatic carbocycles. The van der Waals surface area contributed by atoms with Crippen LogP contribution in [0.5, 0.6) is 0 Å². The Balaban J connectivity index is 2.06. The second kappa shape index (κ2) is 4.24. The van der Waals surface area contributed by atoms with Crippen molar-refractivity contribution in [3.8, 4) is 0 Å². The molecule has 4 heteroatoms. The number of rotatable bonds is 3. The van der Waals surface area contributed by atoms with E-state index in [2.05, 4.69) is 5.32 Å². The van der Waals surface area contributed by atoms with Crippen molar-refractivity contribution in [2.45, 2.75) is 12.6 Å². The number of likely N-dealkylation sites (N-methyl/N-ethyl adjacent to an activating group) is 1. The van der Waals surface area contributed by atoms with Gasteiger partial charge in [-0.15, -0.1) is 0 Å². The first-order valence-electron chi connectivity index (χ1n) is 5.02. The van der Waals surface area contributed by atoms with Gasteiger partial charge in [-0.3, -0.25) is 4.90 Å². The van der Waals surface area contributed by atoms with Crippen molar-refractivity contribution in [1.82, 2.24) is 10.2 Å². The molecule has 15 heavy (non-hydrogen) atoms. The van der Waals surface area contributed by atoms with Gasteiger partial charge in [0.15, 0.2) is 11.6 Å². The molecule has 1 heterocycles. The summed E-state index contributed by atoms with van der Waals surface area (Å²) >= 11 is 0. The Bertz CT molecular complexity index is 350. The lowest BCUT2D eigenvalue weighted by molar-refractivity contribution is 0.171. The molecular formula is C11H14F2N2. The van der Waals surface area contributed by atoms with Gasteiger partial charge >= 0.3 is 0 Å². The summed E-state index contributed by atoms with van der Waals surface area (Å²) in [6.07, 6.45) is 0. The van der Waals surface area contributed by atoms with Crippen molar-refractivity contribution < 1.29 is 8.78 Å². The van der Waals surface area contributed by atoms with Gasteiger partial charge in [0.05, 0.1) is 0 Å². The molecule has 1 aliphatic heterocycles. The molecule has 0 spiro atoms. The first-order valence-corrected chi connectivity index (χ1v) is 5.02. The summed E-state index contributed by atoms with van der Waals surface area (Å²) in [6, 6.07) is 4.75. The van der Waals surface area contributed by atoms with E-state index >= 15 is 0 Å². The number of halogens is 2. The van der Waals surface area contributed by atoms with Crippen molar-refractivity contribution in [3.63, 3.8) is 0 Å². The third-order valence-electron chi connectivity index (χ3n) is 2.83. The minimum absolute atomic E-state index is 0.421. The number of nitrogens with one attached hydrogen (secondary N) is 1. The summed E-state index contributed by atoms with van der Waals surface area (Å²) in [5, 5.41) is 3.14. The lowest BCUT2D eigenvalue weighted by Crippen LogP contribution is -2.55. The quantitative estimate of drug-likeness (QED) is 0.814. The van der Waals surface area contributed by atoms with Gasteiger partial charge in [0.1, 0.15) is 0 Å². The van der Waals surface area contributed by atoms with Gasteiger partial charge in [-0.25, -0.2) is 8.78 Å². The minimum Gasteiger partial charge on any atom is -0.314 e. The molecule has 1 fully saturated rings. The maximum absolute atomic E-state index is 13.3. The summed E-state index contributed by atoms with van der Waals surface area (Å²) in [7, 11) is 1.93. The lowest BCUT2D eigenvalue weighted by Gasteiger charge is -2.35. The zero-order valence-electron chi connectivity index (χ0n) is 8.63. The fourth-order valence-electron chi connectivity index (χ4n) is 1.65. The Kier molecular flexibility index (Phi) is 2.98. The molecule has 0 aromatic heterocycles. The average Bonchev–Trinajstić information content (AvgIpc) is 2.10. The Morgan fingerprint density at radius 2 is 2.13 bits per heavy atom. The summed E-state index contributed by atoms with van der Waals surface area (Å²) in [4.78, 5) is 2.04. The molecule has 1 aliphatic rings. The largest absolute Gasteiger partial charge is 0.314 e. The minimum atomic E-state index is -0.771. The van der Waals surface area contributed by atoms with Crippen molar-refractivity contribution in [1.29, 1.82) is 0 Å². The molecule has 0 bridgehead atoms. The third-order valence-corrected chi connectivity index (χ3v) is 2.83. The smallest absolute Gasteiger partial charge is 0.163 e. The molecular weight excluding hydrogens is 198 g/mol. The van der Waals surface area contributed by atoms with Gasteiger partial charge in [0.2, 0.25) is 0 Å². The van der Waals surface area contributed by atoms with Crippen LogP contribution in [-0.4, -0.2) is 31.1 Å². The van der Waals surface area contributed by atoms with Crippen LogP contribution in [0.25, 0.3) is 0 Å². The predicted molar refractivity (Wildman–Crippen MR) is 54.5 cm³/mol. The van der Waals surface area contributed by atoms with Gasteiger partial charge in [-0.1, -0.05) is 12.1 Å². The molecule has 0 atom stereocenters. The van der Waals surface area contributed by atoms with Crippen LogP contribution in [0.4, 0.5) is 8.78 Å². The molecule has 1 saturated heterocycles. The predicted octanol–water partition coefficient (Wildman–Crippen LogP) is 1.37. The third kappa shape index (κ3) is 2.16. The normalized spacial score (nSPS) is 16.8. The van der Waals surface area contributed by atoms with Crippen LogP contribution in [0, 0.1) is 11.6 Å². The highest BCUT2D eigenvalue weighted by molar-refractivity contribution is 5.19. The van der Waals surface area contributed by atoms with E-state index in [1.165, 1.54) is 0 Å². The molecule has 2 rings (SSSR count). The SMILES string of the molecule is CN(Cc1cccc(F)c1F)C1CNC1. The molecule has 1 N–H and O–H groups in total. The van der Waals surface area contributed by atoms with Crippen LogP contribution >= 0.6 is 0 Å². The van der Waals surface area contributed by atoms with E-state index in [1.807, 2.05) is 11.9 Å². The standard InChI is InChI=1S/C11H14F2N2/c1-15(9-5-14-6-9)7-8-3-2-4-10(12)11(8)13/h2-4,9,14H,5-7H2,1H3. The molecule has 0 amide bonds. The fourth-order valence-corrected chi connectivity index (χ4v) is 1.65. The van der Waals surface area contributed by atoms with Crippen LogP contribution in [0.1, 0.15) is 5.56 Å². The molecule has 0 saturated carbocycles. The monoisotopic (exact) mass is 212 g/mol. The Morgan fingerprint density at radius 3 is 2.73 bits per heavy atom. The molecule has 0 unspecified atom stereocenters. The van der Waals surface area contributed by atoms with Crippen molar-refractivity contribution >= 4 is 0 Å². The van der Waals surface area contributed by atoms with E-state index < -0.39 is 11.6 Å². The van der Waals surface area contributed by atoms with E-state index in [0.29, 0.717) is 18.2 Å². The second-order valence-electron chi connectivity index (χ2n) is 3.94. The van der Waals surface area contributed by atoms with E-state index in [0.717, 1.165) is 19.2 Å². The maximum Gasteiger partial charge on any atom is 0.163 e. The number of nitrogens with zero attached hydrogens (tertiary/aromatic N) is 1. The molecule has 82 valence electrons.